The Morgan fingerprint density at radius 2 is 1.95 bits per heavy atom. The molecular weight excluding hydrogens is 234 g/mol. The van der Waals surface area contributed by atoms with Gasteiger partial charge in [-0.2, -0.15) is 0 Å². The lowest BCUT2D eigenvalue weighted by Crippen LogP contribution is -2.24. The number of rotatable bonds is 4. The van der Waals surface area contributed by atoms with Gasteiger partial charge in [0.2, 0.25) is 0 Å². The van der Waals surface area contributed by atoms with E-state index in [0.717, 1.165) is 24.4 Å². The summed E-state index contributed by atoms with van der Waals surface area (Å²) >= 11 is 0. The molecule has 0 aromatic carbocycles. The number of anilines is 1. The summed E-state index contributed by atoms with van der Waals surface area (Å²) < 4.78 is 0. The van der Waals surface area contributed by atoms with Crippen molar-refractivity contribution in [1.82, 2.24) is 10.3 Å². The van der Waals surface area contributed by atoms with Gasteiger partial charge in [0.1, 0.15) is 0 Å². The molecule has 0 spiro atoms. The van der Waals surface area contributed by atoms with Crippen molar-refractivity contribution in [3.05, 3.63) is 24.0 Å². The Labute approximate surface area is 115 Å². The zero-order valence-corrected chi connectivity index (χ0v) is 11.5. The van der Waals surface area contributed by atoms with Gasteiger partial charge in [-0.3, -0.25) is 4.98 Å². The topological polar surface area (TPSA) is 28.2 Å². The maximum Gasteiger partial charge on any atom is 0.0443 e. The lowest BCUT2D eigenvalue weighted by molar-refractivity contribution is 0.494. The molecule has 0 amide bonds. The molecule has 4 rings (SSSR count). The number of aromatic nitrogens is 1. The third-order valence-electron chi connectivity index (χ3n) is 5.10. The van der Waals surface area contributed by atoms with Crippen LogP contribution in [-0.4, -0.2) is 24.1 Å². The van der Waals surface area contributed by atoms with Crippen molar-refractivity contribution in [1.29, 1.82) is 0 Å². The van der Waals surface area contributed by atoms with Gasteiger partial charge in [0.25, 0.3) is 0 Å². The molecule has 1 saturated heterocycles. The standard InChI is InChI=1S/C16H23N3/c1-2-12-10-19(11-13(12)3-1)16-6-7-17-8-14(16)9-18-15-4-5-15/h6-8,12-13,15,18H,1-5,9-11H2. The van der Waals surface area contributed by atoms with Crippen molar-refractivity contribution >= 4 is 5.69 Å². The fourth-order valence-corrected chi connectivity index (χ4v) is 3.84. The molecule has 2 aliphatic carbocycles. The summed E-state index contributed by atoms with van der Waals surface area (Å²) in [6.45, 7) is 3.52. The van der Waals surface area contributed by atoms with E-state index in [2.05, 4.69) is 27.5 Å². The molecule has 1 aromatic heterocycles. The summed E-state index contributed by atoms with van der Waals surface area (Å²) in [4.78, 5) is 6.93. The molecule has 102 valence electrons. The second-order valence-electron chi connectivity index (χ2n) is 6.52. The number of fused-ring (bicyclic) bond motifs is 1. The molecule has 3 fully saturated rings. The van der Waals surface area contributed by atoms with Crippen LogP contribution in [0.25, 0.3) is 0 Å². The van der Waals surface area contributed by atoms with Crippen LogP contribution in [0.1, 0.15) is 37.7 Å². The average molecular weight is 257 g/mol. The molecule has 3 heteroatoms. The molecule has 2 unspecified atom stereocenters. The highest BCUT2D eigenvalue weighted by molar-refractivity contribution is 5.53. The Kier molecular flexibility index (Phi) is 2.95. The predicted molar refractivity (Wildman–Crippen MR) is 77.1 cm³/mol. The Morgan fingerprint density at radius 3 is 2.68 bits per heavy atom. The molecule has 2 heterocycles. The van der Waals surface area contributed by atoms with Crippen molar-refractivity contribution in [2.75, 3.05) is 18.0 Å². The highest BCUT2D eigenvalue weighted by atomic mass is 15.2. The SMILES string of the molecule is c1cc(N2CC3CCCC3C2)c(CNC2CC2)cn1. The number of nitrogens with one attached hydrogen (secondary N) is 1. The zero-order valence-electron chi connectivity index (χ0n) is 11.5. The fourth-order valence-electron chi connectivity index (χ4n) is 3.84. The van der Waals surface area contributed by atoms with Gasteiger partial charge in [0.05, 0.1) is 0 Å². The normalized spacial score (nSPS) is 29.8. The van der Waals surface area contributed by atoms with Crippen LogP contribution < -0.4 is 10.2 Å². The summed E-state index contributed by atoms with van der Waals surface area (Å²) in [6, 6.07) is 2.98. The van der Waals surface area contributed by atoms with E-state index < -0.39 is 0 Å². The largest absolute Gasteiger partial charge is 0.371 e. The summed E-state index contributed by atoms with van der Waals surface area (Å²) in [6.07, 6.45) is 11.1. The molecule has 3 aliphatic rings. The van der Waals surface area contributed by atoms with Crippen LogP contribution in [0.3, 0.4) is 0 Å². The van der Waals surface area contributed by atoms with E-state index in [1.165, 1.54) is 56.4 Å². The molecule has 0 radical (unpaired) electrons. The van der Waals surface area contributed by atoms with Gasteiger partial charge in [-0.15, -0.1) is 0 Å². The highest BCUT2D eigenvalue weighted by Crippen LogP contribution is 2.40. The maximum absolute atomic E-state index is 4.32. The average Bonchev–Trinajstić information content (AvgIpc) is 3.01. The van der Waals surface area contributed by atoms with Gasteiger partial charge in [0, 0.05) is 49.3 Å². The summed E-state index contributed by atoms with van der Waals surface area (Å²) in [7, 11) is 0. The summed E-state index contributed by atoms with van der Waals surface area (Å²) in [5, 5.41) is 3.62. The van der Waals surface area contributed by atoms with Crippen molar-refractivity contribution in [3.8, 4) is 0 Å². The van der Waals surface area contributed by atoms with Gasteiger partial charge < -0.3 is 10.2 Å². The Morgan fingerprint density at radius 1 is 1.16 bits per heavy atom. The molecule has 1 N–H and O–H groups in total. The zero-order chi connectivity index (χ0) is 12.7. The van der Waals surface area contributed by atoms with Gasteiger partial charge in [0.15, 0.2) is 0 Å². The third kappa shape index (κ3) is 2.36. The van der Waals surface area contributed by atoms with Crippen LogP contribution >= 0.6 is 0 Å². The molecule has 2 saturated carbocycles. The van der Waals surface area contributed by atoms with Crippen molar-refractivity contribution in [3.63, 3.8) is 0 Å². The van der Waals surface area contributed by atoms with E-state index in [9.17, 15) is 0 Å². The predicted octanol–water partition coefficient (Wildman–Crippen LogP) is 2.57. The molecule has 19 heavy (non-hydrogen) atoms. The molecular formula is C16H23N3. The van der Waals surface area contributed by atoms with Crippen LogP contribution in [0, 0.1) is 11.8 Å². The van der Waals surface area contributed by atoms with Crippen LogP contribution in [0.4, 0.5) is 5.69 Å². The maximum atomic E-state index is 4.32. The Bertz CT molecular complexity index is 443. The van der Waals surface area contributed by atoms with Crippen LogP contribution in [-0.2, 0) is 6.54 Å². The van der Waals surface area contributed by atoms with Gasteiger partial charge >= 0.3 is 0 Å². The van der Waals surface area contributed by atoms with Gasteiger partial charge in [-0.1, -0.05) is 6.42 Å². The second kappa shape index (κ2) is 4.78. The number of hydrogen-bond donors (Lipinski definition) is 1. The van der Waals surface area contributed by atoms with E-state index in [1.54, 1.807) is 0 Å². The number of hydrogen-bond acceptors (Lipinski definition) is 3. The van der Waals surface area contributed by atoms with E-state index in [0.29, 0.717) is 0 Å². The first-order valence-electron chi connectivity index (χ1n) is 7.81. The Balaban J connectivity index is 1.50. The van der Waals surface area contributed by atoms with E-state index >= 15 is 0 Å². The van der Waals surface area contributed by atoms with Crippen molar-refractivity contribution < 1.29 is 0 Å². The summed E-state index contributed by atoms with van der Waals surface area (Å²) in [5.74, 6) is 1.91. The first-order chi connectivity index (χ1) is 9.40. The van der Waals surface area contributed by atoms with E-state index in [1.807, 2.05) is 6.20 Å². The van der Waals surface area contributed by atoms with Crippen LogP contribution in [0.15, 0.2) is 18.5 Å². The lowest BCUT2D eigenvalue weighted by atomic mass is 10.0. The number of nitrogens with zero attached hydrogens (tertiary/aromatic N) is 2. The second-order valence-corrected chi connectivity index (χ2v) is 6.52. The third-order valence-corrected chi connectivity index (χ3v) is 5.10. The molecule has 3 nitrogen and oxygen atoms in total. The molecule has 1 aliphatic heterocycles. The minimum absolute atomic E-state index is 0.769. The van der Waals surface area contributed by atoms with E-state index in [4.69, 9.17) is 0 Å². The van der Waals surface area contributed by atoms with Crippen molar-refractivity contribution in [2.45, 2.75) is 44.7 Å². The van der Waals surface area contributed by atoms with Crippen LogP contribution in [0.5, 0.6) is 0 Å². The molecule has 1 aromatic rings. The minimum Gasteiger partial charge on any atom is -0.371 e. The van der Waals surface area contributed by atoms with Crippen molar-refractivity contribution in [2.24, 2.45) is 11.8 Å². The minimum atomic E-state index is 0.769. The highest BCUT2D eigenvalue weighted by Gasteiger charge is 2.36. The lowest BCUT2D eigenvalue weighted by Gasteiger charge is -2.22. The first kappa shape index (κ1) is 11.7. The Hall–Kier alpha value is -1.09. The first-order valence-corrected chi connectivity index (χ1v) is 7.81. The number of pyridine rings is 1. The smallest absolute Gasteiger partial charge is 0.0443 e. The quantitative estimate of drug-likeness (QED) is 0.898. The van der Waals surface area contributed by atoms with Crippen LogP contribution in [0.2, 0.25) is 0 Å². The monoisotopic (exact) mass is 257 g/mol. The van der Waals surface area contributed by atoms with Gasteiger partial charge in [-0.05, 0) is 43.6 Å². The van der Waals surface area contributed by atoms with E-state index in [-0.39, 0.29) is 0 Å². The summed E-state index contributed by atoms with van der Waals surface area (Å²) in [5.41, 5.74) is 2.81. The molecule has 0 bridgehead atoms. The molecule has 2 atom stereocenters. The fraction of sp³-hybridized carbons (Fsp3) is 0.688. The van der Waals surface area contributed by atoms with Gasteiger partial charge in [-0.25, -0.2) is 0 Å².